The van der Waals surface area contributed by atoms with Crippen molar-refractivity contribution in [3.05, 3.63) is 35.9 Å². The van der Waals surface area contributed by atoms with Gasteiger partial charge in [0.1, 0.15) is 0 Å². The zero-order chi connectivity index (χ0) is 13.5. The normalized spacial score (nSPS) is 27.4. The summed E-state index contributed by atoms with van der Waals surface area (Å²) in [5.74, 6) is 2.01. The van der Waals surface area contributed by atoms with Gasteiger partial charge in [-0.2, -0.15) is 11.8 Å². The maximum absolute atomic E-state index is 6.31. The van der Waals surface area contributed by atoms with Crippen molar-refractivity contribution in [3.8, 4) is 0 Å². The van der Waals surface area contributed by atoms with E-state index in [-0.39, 0.29) is 0 Å². The molecule has 0 amide bonds. The van der Waals surface area contributed by atoms with E-state index in [1.54, 1.807) is 0 Å². The van der Waals surface area contributed by atoms with Gasteiger partial charge >= 0.3 is 0 Å². The molecule has 1 fully saturated rings. The van der Waals surface area contributed by atoms with E-state index >= 15 is 0 Å². The lowest BCUT2D eigenvalue weighted by Gasteiger charge is -2.34. The zero-order valence-electron chi connectivity index (χ0n) is 12.1. The lowest BCUT2D eigenvalue weighted by Crippen LogP contribution is -2.38. The lowest BCUT2D eigenvalue weighted by molar-refractivity contribution is 0.406. The number of hydrogen-bond donors (Lipinski definition) is 1. The number of benzene rings is 1. The number of nitrogens with two attached hydrogens (primary N) is 1. The second-order valence-corrected chi connectivity index (χ2v) is 7.05. The molecule has 0 aromatic heterocycles. The third kappa shape index (κ3) is 4.54. The summed E-state index contributed by atoms with van der Waals surface area (Å²) < 4.78 is 0. The van der Waals surface area contributed by atoms with E-state index in [1.165, 1.54) is 49.8 Å². The highest BCUT2D eigenvalue weighted by atomic mass is 32.2. The van der Waals surface area contributed by atoms with E-state index in [1.807, 2.05) is 0 Å². The van der Waals surface area contributed by atoms with Crippen LogP contribution in [0.4, 0.5) is 0 Å². The minimum atomic E-state index is 0.409. The number of unbranched alkanes of at least 4 members (excludes halogenated alkanes) is 2. The van der Waals surface area contributed by atoms with E-state index in [4.69, 9.17) is 5.73 Å². The fourth-order valence-corrected chi connectivity index (χ4v) is 4.38. The first-order valence-electron chi connectivity index (χ1n) is 7.73. The molecule has 19 heavy (non-hydrogen) atoms. The van der Waals surface area contributed by atoms with Crippen LogP contribution in [0.5, 0.6) is 0 Å². The predicted molar refractivity (Wildman–Crippen MR) is 86.8 cm³/mol. The monoisotopic (exact) mass is 277 g/mol. The quantitative estimate of drug-likeness (QED) is 0.771. The zero-order valence-corrected chi connectivity index (χ0v) is 12.9. The molecule has 0 heterocycles. The molecule has 3 unspecified atom stereocenters. The van der Waals surface area contributed by atoms with Crippen LogP contribution in [0.2, 0.25) is 0 Å². The number of thioether (sulfide) groups is 1. The van der Waals surface area contributed by atoms with Crippen molar-refractivity contribution in [3.63, 3.8) is 0 Å². The first kappa shape index (κ1) is 14.9. The maximum atomic E-state index is 6.31. The molecule has 0 aliphatic heterocycles. The Morgan fingerprint density at radius 2 is 1.95 bits per heavy atom. The summed E-state index contributed by atoms with van der Waals surface area (Å²) >= 11 is 2.12. The van der Waals surface area contributed by atoms with Gasteiger partial charge in [-0.3, -0.25) is 0 Å². The Bertz CT molecular complexity index is 352. The molecule has 2 heteroatoms. The average Bonchev–Trinajstić information content (AvgIpc) is 2.46. The first-order valence-corrected chi connectivity index (χ1v) is 8.78. The smallest absolute Gasteiger partial charge is 0.0204 e. The van der Waals surface area contributed by atoms with Gasteiger partial charge in [0.2, 0.25) is 0 Å². The molecule has 2 rings (SSSR count). The van der Waals surface area contributed by atoms with Crippen molar-refractivity contribution >= 4 is 11.8 Å². The van der Waals surface area contributed by atoms with Crippen LogP contribution >= 0.6 is 11.8 Å². The molecular formula is C17H27NS. The first-order chi connectivity index (χ1) is 9.31. The Balaban J connectivity index is 1.85. The number of hydrogen-bond acceptors (Lipinski definition) is 2. The highest BCUT2D eigenvalue weighted by Crippen LogP contribution is 2.37. The topological polar surface area (TPSA) is 26.0 Å². The van der Waals surface area contributed by atoms with Crippen LogP contribution in [0.3, 0.4) is 0 Å². The van der Waals surface area contributed by atoms with Crippen molar-refractivity contribution < 1.29 is 0 Å². The molecule has 1 saturated carbocycles. The van der Waals surface area contributed by atoms with Crippen LogP contribution in [-0.2, 0) is 0 Å². The van der Waals surface area contributed by atoms with Gasteiger partial charge in [0.15, 0.2) is 0 Å². The molecule has 2 N–H and O–H groups in total. The molecule has 0 radical (unpaired) electrons. The number of rotatable bonds is 6. The van der Waals surface area contributed by atoms with Gasteiger partial charge in [0, 0.05) is 11.3 Å². The van der Waals surface area contributed by atoms with Crippen molar-refractivity contribution in [2.45, 2.75) is 62.7 Å². The fourth-order valence-electron chi connectivity index (χ4n) is 2.96. The van der Waals surface area contributed by atoms with Crippen LogP contribution in [0.25, 0.3) is 0 Å². The van der Waals surface area contributed by atoms with Gasteiger partial charge in [0.25, 0.3) is 0 Å². The van der Waals surface area contributed by atoms with E-state index in [9.17, 15) is 0 Å². The molecule has 1 nitrogen and oxygen atoms in total. The summed E-state index contributed by atoms with van der Waals surface area (Å²) in [7, 11) is 0. The summed E-state index contributed by atoms with van der Waals surface area (Å²) in [5, 5.41) is 0.663. The molecule has 1 aliphatic rings. The highest BCUT2D eigenvalue weighted by molar-refractivity contribution is 7.99. The predicted octanol–water partition coefficient (Wildman–Crippen LogP) is 4.57. The molecular weight excluding hydrogens is 250 g/mol. The fraction of sp³-hybridized carbons (Fsp3) is 0.647. The van der Waals surface area contributed by atoms with Gasteiger partial charge < -0.3 is 5.73 Å². The average molecular weight is 277 g/mol. The Kier molecular flexibility index (Phi) is 6.25. The van der Waals surface area contributed by atoms with Crippen LogP contribution in [-0.4, -0.2) is 17.0 Å². The molecule has 1 aromatic carbocycles. The Labute approximate surface area is 122 Å². The van der Waals surface area contributed by atoms with Crippen LogP contribution in [0.15, 0.2) is 30.3 Å². The Hall–Kier alpha value is -0.470. The summed E-state index contributed by atoms with van der Waals surface area (Å²) in [6, 6.07) is 11.4. The molecule has 1 aromatic rings. The third-order valence-electron chi connectivity index (χ3n) is 4.19. The van der Waals surface area contributed by atoms with Crippen molar-refractivity contribution in [1.82, 2.24) is 0 Å². The highest BCUT2D eigenvalue weighted by Gasteiger charge is 2.28. The summed E-state index contributed by atoms with van der Waals surface area (Å²) in [4.78, 5) is 0. The minimum absolute atomic E-state index is 0.409. The molecule has 3 atom stereocenters. The van der Waals surface area contributed by atoms with Gasteiger partial charge in [-0.15, -0.1) is 0 Å². The summed E-state index contributed by atoms with van der Waals surface area (Å²) in [6.07, 6.45) is 7.73. The van der Waals surface area contributed by atoms with Gasteiger partial charge in [0.05, 0.1) is 0 Å². The largest absolute Gasteiger partial charge is 0.327 e. The molecule has 0 bridgehead atoms. The molecule has 106 valence electrons. The van der Waals surface area contributed by atoms with Crippen LogP contribution in [0, 0.1) is 0 Å². The van der Waals surface area contributed by atoms with Gasteiger partial charge in [-0.25, -0.2) is 0 Å². The van der Waals surface area contributed by atoms with Crippen LogP contribution in [0.1, 0.15) is 56.9 Å². The van der Waals surface area contributed by atoms with Crippen molar-refractivity contribution in [2.75, 3.05) is 5.75 Å². The summed E-state index contributed by atoms with van der Waals surface area (Å²) in [5.41, 5.74) is 7.82. The molecule has 0 spiro atoms. The Morgan fingerprint density at radius 3 is 2.68 bits per heavy atom. The maximum Gasteiger partial charge on any atom is 0.0204 e. The van der Waals surface area contributed by atoms with Crippen molar-refractivity contribution in [2.24, 2.45) is 5.73 Å². The standard InChI is InChI=1S/C17H27NS/c1-2-3-7-12-19-17-13-15(10-11-16(17)18)14-8-5-4-6-9-14/h4-6,8-9,15-17H,2-3,7,10-13,18H2,1H3. The second kappa shape index (κ2) is 7.96. The van der Waals surface area contributed by atoms with Crippen LogP contribution < -0.4 is 5.73 Å². The SMILES string of the molecule is CCCCCSC1CC(c2ccccc2)CCC1N. The van der Waals surface area contributed by atoms with Gasteiger partial charge in [-0.1, -0.05) is 50.1 Å². The Morgan fingerprint density at radius 1 is 1.16 bits per heavy atom. The van der Waals surface area contributed by atoms with E-state index in [0.29, 0.717) is 11.3 Å². The lowest BCUT2D eigenvalue weighted by atomic mass is 9.82. The second-order valence-electron chi connectivity index (χ2n) is 5.70. The third-order valence-corrected chi connectivity index (χ3v) is 5.69. The van der Waals surface area contributed by atoms with E-state index < -0.39 is 0 Å². The summed E-state index contributed by atoms with van der Waals surface area (Å²) in [6.45, 7) is 2.27. The van der Waals surface area contributed by atoms with Gasteiger partial charge in [-0.05, 0) is 42.9 Å². The minimum Gasteiger partial charge on any atom is -0.327 e. The van der Waals surface area contributed by atoms with Crippen molar-refractivity contribution in [1.29, 1.82) is 0 Å². The molecule has 1 aliphatic carbocycles. The molecule has 0 saturated heterocycles. The van der Waals surface area contributed by atoms with E-state index in [0.717, 1.165) is 5.92 Å². The van der Waals surface area contributed by atoms with E-state index in [2.05, 4.69) is 49.0 Å².